The van der Waals surface area contributed by atoms with Gasteiger partial charge < -0.3 is 9.32 Å². The van der Waals surface area contributed by atoms with Gasteiger partial charge in [0.05, 0.1) is 0 Å². The van der Waals surface area contributed by atoms with Crippen molar-refractivity contribution in [2.24, 2.45) is 0 Å². The van der Waals surface area contributed by atoms with E-state index in [1.807, 2.05) is 11.3 Å². The lowest BCUT2D eigenvalue weighted by atomic mass is 9.93. The lowest BCUT2D eigenvalue weighted by Gasteiger charge is -2.26. The fraction of sp³-hybridized carbons (Fsp3) is 0. The number of benzene rings is 10. The second kappa shape index (κ2) is 12.7. The first-order valence-electron chi connectivity index (χ1n) is 19.4. The van der Waals surface area contributed by atoms with Crippen LogP contribution in [0.1, 0.15) is 0 Å². The highest BCUT2D eigenvalue weighted by atomic mass is 32.1. The Morgan fingerprint density at radius 2 is 0.947 bits per heavy atom. The molecule has 12 aromatic rings. The highest BCUT2D eigenvalue weighted by Crippen LogP contribution is 2.44. The van der Waals surface area contributed by atoms with Gasteiger partial charge in [0, 0.05) is 53.4 Å². The summed E-state index contributed by atoms with van der Waals surface area (Å²) in [6.07, 6.45) is 0. The van der Waals surface area contributed by atoms with Crippen molar-refractivity contribution in [3.8, 4) is 22.3 Å². The maximum atomic E-state index is 6.54. The van der Waals surface area contributed by atoms with E-state index in [2.05, 4.69) is 205 Å². The highest BCUT2D eigenvalue weighted by molar-refractivity contribution is 7.25. The molecule has 0 aliphatic carbocycles. The zero-order chi connectivity index (χ0) is 37.5. The van der Waals surface area contributed by atoms with E-state index in [1.54, 1.807) is 0 Å². The summed E-state index contributed by atoms with van der Waals surface area (Å²) in [4.78, 5) is 2.38. The molecule has 0 atom stereocenters. The van der Waals surface area contributed by atoms with Gasteiger partial charge in [0.25, 0.3) is 0 Å². The molecule has 0 aliphatic rings. The maximum Gasteiger partial charge on any atom is 0.143 e. The number of hydrogen-bond acceptors (Lipinski definition) is 3. The average Bonchev–Trinajstić information content (AvgIpc) is 3.85. The van der Waals surface area contributed by atoms with Crippen LogP contribution in [0, 0.1) is 0 Å². The van der Waals surface area contributed by atoms with Crippen LogP contribution in [0.5, 0.6) is 0 Å². The molecule has 0 saturated carbocycles. The first-order chi connectivity index (χ1) is 28.2. The molecule has 0 spiro atoms. The maximum absolute atomic E-state index is 6.54. The SMILES string of the molecule is c1ccc2c(c1)cc(-c1ccc(N(c3ccc(-c4cccc5oc6c7ccccc7ccc6c45)cc3)c3ccc4c(c3)sc3ccccc34)cc1)c1ccccc12. The molecular formula is C54H33NOS. The zero-order valence-electron chi connectivity index (χ0n) is 30.8. The fourth-order valence-electron chi connectivity index (χ4n) is 8.97. The molecule has 0 amide bonds. The van der Waals surface area contributed by atoms with Gasteiger partial charge in [-0.1, -0.05) is 140 Å². The van der Waals surface area contributed by atoms with Crippen LogP contribution in [0.25, 0.3) is 96.7 Å². The average molecular weight is 744 g/mol. The Kier molecular flexibility index (Phi) is 7.13. The standard InChI is InChI=1S/C54H33NOS/c1-4-13-43-34(10-1)24-30-48-53-42(17-9-18-50(53)56-54(43)48)35-20-25-38(26-21-35)55(40-29-31-47-46-16-7-8-19-51(46)57-52(47)33-40)39-27-22-36(23-28-39)49-32-37-11-2-3-12-41(37)44-14-5-6-15-45(44)49/h1-33H. The van der Waals surface area contributed by atoms with Crippen LogP contribution >= 0.6 is 11.3 Å². The van der Waals surface area contributed by atoms with Crippen molar-refractivity contribution in [3.63, 3.8) is 0 Å². The van der Waals surface area contributed by atoms with Crippen molar-refractivity contribution in [1.82, 2.24) is 0 Å². The number of furan rings is 1. The number of fused-ring (bicyclic) bond motifs is 11. The molecule has 0 unspecified atom stereocenters. The van der Waals surface area contributed by atoms with Gasteiger partial charge in [-0.2, -0.15) is 0 Å². The van der Waals surface area contributed by atoms with E-state index in [0.29, 0.717) is 0 Å². The van der Waals surface area contributed by atoms with Crippen LogP contribution in [0.2, 0.25) is 0 Å². The minimum atomic E-state index is 0.903. The minimum Gasteiger partial charge on any atom is -0.455 e. The molecule has 2 aromatic heterocycles. The Hall–Kier alpha value is -7.20. The van der Waals surface area contributed by atoms with Crippen LogP contribution in [-0.4, -0.2) is 0 Å². The quantitative estimate of drug-likeness (QED) is 0.163. The molecule has 0 fully saturated rings. The van der Waals surface area contributed by atoms with E-state index in [4.69, 9.17) is 4.42 Å². The number of thiophene rings is 1. The topological polar surface area (TPSA) is 16.4 Å². The van der Waals surface area contributed by atoms with Gasteiger partial charge in [-0.25, -0.2) is 0 Å². The van der Waals surface area contributed by atoms with E-state index in [-0.39, 0.29) is 0 Å². The highest BCUT2D eigenvalue weighted by Gasteiger charge is 2.18. The van der Waals surface area contributed by atoms with Gasteiger partial charge in [-0.3, -0.25) is 0 Å². The number of rotatable bonds is 5. The summed E-state index contributed by atoms with van der Waals surface area (Å²) in [7, 11) is 0. The Balaban J connectivity index is 0.993. The monoisotopic (exact) mass is 743 g/mol. The third kappa shape index (κ3) is 5.10. The van der Waals surface area contributed by atoms with E-state index < -0.39 is 0 Å². The summed E-state index contributed by atoms with van der Waals surface area (Å²) in [6.45, 7) is 0. The van der Waals surface area contributed by atoms with Crippen LogP contribution in [0.4, 0.5) is 17.1 Å². The second-order valence-electron chi connectivity index (χ2n) is 14.8. The Morgan fingerprint density at radius 3 is 1.74 bits per heavy atom. The summed E-state index contributed by atoms with van der Waals surface area (Å²) >= 11 is 1.85. The van der Waals surface area contributed by atoms with Crippen molar-refractivity contribution in [2.45, 2.75) is 0 Å². The number of anilines is 3. The van der Waals surface area contributed by atoms with Gasteiger partial charge in [0.2, 0.25) is 0 Å². The Bertz CT molecular complexity index is 3520. The Morgan fingerprint density at radius 1 is 0.351 bits per heavy atom. The Labute approximate surface area is 333 Å². The number of nitrogens with zero attached hydrogens (tertiary/aromatic N) is 1. The van der Waals surface area contributed by atoms with E-state index >= 15 is 0 Å². The van der Waals surface area contributed by atoms with Crippen molar-refractivity contribution >= 4 is 103 Å². The summed E-state index contributed by atoms with van der Waals surface area (Å²) in [6, 6.07) is 72.8. The molecule has 0 saturated heterocycles. The third-order valence-corrected chi connectivity index (χ3v) is 12.8. The summed E-state index contributed by atoms with van der Waals surface area (Å²) in [5, 5.41) is 12.3. The first-order valence-corrected chi connectivity index (χ1v) is 20.2. The van der Waals surface area contributed by atoms with Crippen LogP contribution in [-0.2, 0) is 0 Å². The minimum absolute atomic E-state index is 0.903. The van der Waals surface area contributed by atoms with Crippen molar-refractivity contribution in [1.29, 1.82) is 0 Å². The van der Waals surface area contributed by atoms with E-state index in [1.165, 1.54) is 63.8 Å². The van der Waals surface area contributed by atoms with E-state index in [0.717, 1.165) is 50.0 Å². The normalized spacial score (nSPS) is 11.9. The molecule has 0 aliphatic heterocycles. The van der Waals surface area contributed by atoms with Gasteiger partial charge in [0.1, 0.15) is 11.2 Å². The van der Waals surface area contributed by atoms with Crippen LogP contribution in [0.3, 0.4) is 0 Å². The van der Waals surface area contributed by atoms with Crippen molar-refractivity contribution in [2.75, 3.05) is 4.90 Å². The molecule has 12 rings (SSSR count). The molecule has 0 bridgehead atoms. The summed E-state index contributed by atoms with van der Waals surface area (Å²) < 4.78 is 9.13. The third-order valence-electron chi connectivity index (χ3n) is 11.6. The molecule has 3 heteroatoms. The van der Waals surface area contributed by atoms with Crippen LogP contribution < -0.4 is 4.90 Å². The van der Waals surface area contributed by atoms with E-state index in [9.17, 15) is 0 Å². The molecule has 2 nitrogen and oxygen atoms in total. The molecular weight excluding hydrogens is 711 g/mol. The predicted molar refractivity (Wildman–Crippen MR) is 245 cm³/mol. The lowest BCUT2D eigenvalue weighted by Crippen LogP contribution is -2.09. The molecule has 10 aromatic carbocycles. The van der Waals surface area contributed by atoms with Crippen LogP contribution in [0.15, 0.2) is 205 Å². The fourth-order valence-corrected chi connectivity index (χ4v) is 10.1. The van der Waals surface area contributed by atoms with Gasteiger partial charge in [-0.15, -0.1) is 11.3 Å². The largest absolute Gasteiger partial charge is 0.455 e. The summed E-state index contributed by atoms with van der Waals surface area (Å²) in [5.74, 6) is 0. The number of hydrogen-bond donors (Lipinski definition) is 0. The molecule has 0 radical (unpaired) electrons. The van der Waals surface area contributed by atoms with Gasteiger partial charge in [-0.05, 0) is 110 Å². The van der Waals surface area contributed by atoms with Gasteiger partial charge in [0.15, 0.2) is 0 Å². The van der Waals surface area contributed by atoms with Gasteiger partial charge >= 0.3 is 0 Å². The predicted octanol–water partition coefficient (Wildman–Crippen LogP) is 16.2. The molecule has 266 valence electrons. The molecule has 57 heavy (non-hydrogen) atoms. The zero-order valence-corrected chi connectivity index (χ0v) is 31.6. The lowest BCUT2D eigenvalue weighted by molar-refractivity contribution is 0.673. The second-order valence-corrected chi connectivity index (χ2v) is 15.9. The summed E-state index contributed by atoms with van der Waals surface area (Å²) in [5.41, 5.74) is 9.93. The molecule has 0 N–H and O–H groups in total. The first kappa shape index (κ1) is 32.1. The van der Waals surface area contributed by atoms with Crippen molar-refractivity contribution in [3.05, 3.63) is 200 Å². The molecule has 2 heterocycles. The smallest absolute Gasteiger partial charge is 0.143 e. The van der Waals surface area contributed by atoms with Crippen molar-refractivity contribution < 1.29 is 4.42 Å².